The lowest BCUT2D eigenvalue weighted by Crippen LogP contribution is -2.09. The molecule has 0 aromatic heterocycles. The number of hydrogen-bond acceptors (Lipinski definition) is 0. The Hall–Kier alpha value is -0.260. The van der Waals surface area contributed by atoms with Gasteiger partial charge in [-0.15, -0.1) is 0 Å². The Balaban J connectivity index is 1.84. The number of rotatable bonds is 0. The first-order chi connectivity index (χ1) is 6.84. The third-order valence-electron chi connectivity index (χ3n) is 4.88. The highest BCUT2D eigenvalue weighted by Crippen LogP contribution is 2.52. The van der Waals surface area contributed by atoms with E-state index in [9.17, 15) is 0 Å². The molecular formula is C14H22. The Bertz CT molecular complexity index is 261. The molecule has 0 heteroatoms. The third kappa shape index (κ3) is 1.34. The molecule has 0 N–H and O–H groups in total. The summed E-state index contributed by atoms with van der Waals surface area (Å²) >= 11 is 0. The van der Waals surface area contributed by atoms with Gasteiger partial charge in [0.1, 0.15) is 0 Å². The summed E-state index contributed by atoms with van der Waals surface area (Å²) in [5, 5.41) is 0. The van der Waals surface area contributed by atoms with Gasteiger partial charge in [-0.2, -0.15) is 0 Å². The van der Waals surface area contributed by atoms with Gasteiger partial charge in [-0.05, 0) is 62.7 Å². The molecule has 3 aliphatic rings. The van der Waals surface area contributed by atoms with Gasteiger partial charge in [0, 0.05) is 0 Å². The van der Waals surface area contributed by atoms with Gasteiger partial charge in [-0.1, -0.05) is 24.5 Å². The summed E-state index contributed by atoms with van der Waals surface area (Å²) in [5.41, 5.74) is 3.88. The largest absolute Gasteiger partial charge is 0.0676 e. The minimum absolute atomic E-state index is 0.989. The summed E-state index contributed by atoms with van der Waals surface area (Å²) in [6, 6.07) is 0. The van der Waals surface area contributed by atoms with Crippen LogP contribution in [0.5, 0.6) is 0 Å². The van der Waals surface area contributed by atoms with Crippen molar-refractivity contribution in [2.24, 2.45) is 17.8 Å². The topological polar surface area (TPSA) is 0 Å². The van der Waals surface area contributed by atoms with Crippen molar-refractivity contribution in [2.75, 3.05) is 0 Å². The molecule has 3 unspecified atom stereocenters. The average molecular weight is 190 g/mol. The molecular weight excluding hydrogens is 168 g/mol. The van der Waals surface area contributed by atoms with Crippen molar-refractivity contribution < 1.29 is 0 Å². The van der Waals surface area contributed by atoms with Gasteiger partial charge >= 0.3 is 0 Å². The van der Waals surface area contributed by atoms with Crippen LogP contribution in [-0.2, 0) is 0 Å². The second-order valence-corrected chi connectivity index (χ2v) is 5.79. The number of fused-ring (bicyclic) bond motifs is 4. The zero-order valence-corrected chi connectivity index (χ0v) is 9.39. The van der Waals surface area contributed by atoms with Crippen LogP contribution in [0.2, 0.25) is 0 Å². The van der Waals surface area contributed by atoms with E-state index in [1.807, 2.05) is 11.1 Å². The van der Waals surface area contributed by atoms with Crippen LogP contribution in [0.15, 0.2) is 11.1 Å². The van der Waals surface area contributed by atoms with Gasteiger partial charge in [0.05, 0.1) is 0 Å². The van der Waals surface area contributed by atoms with E-state index in [0.717, 1.165) is 17.8 Å². The highest BCUT2D eigenvalue weighted by molar-refractivity contribution is 5.29. The van der Waals surface area contributed by atoms with Crippen molar-refractivity contribution in [1.82, 2.24) is 0 Å². The zero-order chi connectivity index (χ0) is 9.54. The average Bonchev–Trinajstić information content (AvgIpc) is 2.71. The fraction of sp³-hybridized carbons (Fsp3) is 0.857. The van der Waals surface area contributed by atoms with E-state index < -0.39 is 0 Å². The summed E-state index contributed by atoms with van der Waals surface area (Å²) in [5.74, 6) is 3.08. The van der Waals surface area contributed by atoms with Crippen LogP contribution < -0.4 is 0 Å². The number of hydrogen-bond donors (Lipinski definition) is 0. The van der Waals surface area contributed by atoms with Crippen molar-refractivity contribution in [3.8, 4) is 0 Å². The van der Waals surface area contributed by atoms with Crippen LogP contribution >= 0.6 is 0 Å². The van der Waals surface area contributed by atoms with E-state index in [0.29, 0.717) is 0 Å². The molecule has 0 saturated heterocycles. The Morgan fingerprint density at radius 2 is 1.57 bits per heavy atom. The van der Waals surface area contributed by atoms with E-state index >= 15 is 0 Å². The Morgan fingerprint density at radius 1 is 0.857 bits per heavy atom. The minimum atomic E-state index is 0.989. The lowest BCUT2D eigenvalue weighted by molar-refractivity contribution is 0.439. The molecule has 2 bridgehead atoms. The summed E-state index contributed by atoms with van der Waals surface area (Å²) in [6.45, 7) is 2.44. The molecule has 3 rings (SSSR count). The standard InChI is InChI=1S/C14H22/c1-10-3-2-4-13-11-6-7-12(9-11)14(13)8-5-10/h10-12H,2-9H2,1H3. The van der Waals surface area contributed by atoms with Crippen molar-refractivity contribution in [2.45, 2.75) is 58.3 Å². The third-order valence-corrected chi connectivity index (χ3v) is 4.88. The lowest BCUT2D eigenvalue weighted by Gasteiger charge is -2.24. The second kappa shape index (κ2) is 3.40. The van der Waals surface area contributed by atoms with E-state index in [4.69, 9.17) is 0 Å². The van der Waals surface area contributed by atoms with Gasteiger partial charge in [-0.25, -0.2) is 0 Å². The van der Waals surface area contributed by atoms with Crippen LogP contribution in [0.1, 0.15) is 58.3 Å². The quantitative estimate of drug-likeness (QED) is 0.499. The fourth-order valence-electron chi connectivity index (χ4n) is 4.06. The molecule has 0 nitrogen and oxygen atoms in total. The van der Waals surface area contributed by atoms with Gasteiger partial charge in [0.2, 0.25) is 0 Å². The maximum absolute atomic E-state index is 2.44. The Morgan fingerprint density at radius 3 is 2.36 bits per heavy atom. The maximum atomic E-state index is 2.44. The second-order valence-electron chi connectivity index (χ2n) is 5.79. The van der Waals surface area contributed by atoms with E-state index in [2.05, 4.69) is 6.92 Å². The van der Waals surface area contributed by atoms with Crippen molar-refractivity contribution in [1.29, 1.82) is 0 Å². The number of allylic oxidation sites excluding steroid dienone is 2. The van der Waals surface area contributed by atoms with Crippen LogP contribution in [0.3, 0.4) is 0 Å². The van der Waals surface area contributed by atoms with Crippen LogP contribution in [-0.4, -0.2) is 0 Å². The first-order valence-electron chi connectivity index (χ1n) is 6.56. The molecule has 0 aliphatic heterocycles. The molecule has 0 amide bonds. The summed E-state index contributed by atoms with van der Waals surface area (Å²) in [7, 11) is 0. The van der Waals surface area contributed by atoms with E-state index in [-0.39, 0.29) is 0 Å². The maximum Gasteiger partial charge on any atom is -0.0195 e. The molecule has 1 saturated carbocycles. The van der Waals surface area contributed by atoms with Gasteiger partial charge in [-0.3, -0.25) is 0 Å². The molecule has 0 radical (unpaired) electrons. The molecule has 0 aromatic carbocycles. The zero-order valence-electron chi connectivity index (χ0n) is 9.39. The predicted octanol–water partition coefficient (Wildman–Crippen LogP) is 4.31. The first-order valence-corrected chi connectivity index (χ1v) is 6.56. The smallest absolute Gasteiger partial charge is 0.0195 e. The molecule has 14 heavy (non-hydrogen) atoms. The van der Waals surface area contributed by atoms with Crippen molar-refractivity contribution in [3.05, 3.63) is 11.1 Å². The summed E-state index contributed by atoms with van der Waals surface area (Å²) in [6.07, 6.45) is 11.9. The van der Waals surface area contributed by atoms with Crippen LogP contribution in [0.4, 0.5) is 0 Å². The molecule has 0 aromatic rings. The molecule has 3 atom stereocenters. The highest BCUT2D eigenvalue weighted by Gasteiger charge is 2.38. The molecule has 78 valence electrons. The van der Waals surface area contributed by atoms with Crippen LogP contribution in [0.25, 0.3) is 0 Å². The van der Waals surface area contributed by atoms with E-state index in [1.54, 1.807) is 6.42 Å². The van der Waals surface area contributed by atoms with Crippen molar-refractivity contribution in [3.63, 3.8) is 0 Å². The SMILES string of the molecule is CC1CCCC2=C(CC1)C1CCC2C1. The normalized spacial score (nSPS) is 42.2. The van der Waals surface area contributed by atoms with Crippen molar-refractivity contribution >= 4 is 0 Å². The van der Waals surface area contributed by atoms with Crippen LogP contribution in [0, 0.1) is 17.8 Å². The first kappa shape index (κ1) is 9.00. The van der Waals surface area contributed by atoms with Gasteiger partial charge in [0.25, 0.3) is 0 Å². The molecule has 0 heterocycles. The predicted molar refractivity (Wildman–Crippen MR) is 60.1 cm³/mol. The summed E-state index contributed by atoms with van der Waals surface area (Å²) in [4.78, 5) is 0. The Kier molecular flexibility index (Phi) is 2.18. The van der Waals surface area contributed by atoms with E-state index in [1.165, 1.54) is 44.9 Å². The highest BCUT2D eigenvalue weighted by atomic mass is 14.4. The molecule has 0 spiro atoms. The Labute approximate surface area is 87.8 Å². The monoisotopic (exact) mass is 190 g/mol. The summed E-state index contributed by atoms with van der Waals surface area (Å²) < 4.78 is 0. The van der Waals surface area contributed by atoms with Gasteiger partial charge < -0.3 is 0 Å². The molecule has 3 aliphatic carbocycles. The molecule has 1 fully saturated rings. The lowest BCUT2D eigenvalue weighted by atomic mass is 9.81. The minimum Gasteiger partial charge on any atom is -0.0676 e. The van der Waals surface area contributed by atoms with Gasteiger partial charge in [0.15, 0.2) is 0 Å². The fourth-order valence-corrected chi connectivity index (χ4v) is 4.06.